The van der Waals surface area contributed by atoms with E-state index < -0.39 is 23.2 Å². The van der Waals surface area contributed by atoms with Gasteiger partial charge in [-0.3, -0.25) is 9.88 Å². The largest absolute Gasteiger partial charge is 0.465 e. The minimum absolute atomic E-state index is 0.116. The van der Waals surface area contributed by atoms with Gasteiger partial charge in [-0.25, -0.2) is 14.8 Å². The molecule has 12 heteroatoms. The number of fused-ring (bicyclic) bond motifs is 1. The average Bonchev–Trinajstić information content (AvgIpc) is 3.02. The number of rotatable bonds is 4. The van der Waals surface area contributed by atoms with Crippen LogP contribution in [-0.4, -0.2) is 33.2 Å². The summed E-state index contributed by atoms with van der Waals surface area (Å²) < 4.78 is 39.5. The molecule has 7 nitrogen and oxygen atoms in total. The first-order chi connectivity index (χ1) is 13.1. The van der Waals surface area contributed by atoms with Crippen molar-refractivity contribution in [3.05, 3.63) is 35.1 Å². The molecular formula is C16H14F3N5O2S2. The third-order valence-electron chi connectivity index (χ3n) is 3.82. The molecule has 3 aromatic heterocycles. The summed E-state index contributed by atoms with van der Waals surface area (Å²) in [6, 6.07) is 2.40. The topological polar surface area (TPSA) is 105 Å². The SMILES string of the molecule is CC(Sc1nc(N)cc(C(F)(F)F)n1)c1cc2c(N(C)C(=O)O)csc2cn1. The first-order valence-corrected chi connectivity index (χ1v) is 9.54. The number of nitrogens with zero attached hydrogens (tertiary/aromatic N) is 4. The average molecular weight is 429 g/mol. The van der Waals surface area contributed by atoms with Gasteiger partial charge in [0.05, 0.1) is 21.3 Å². The fourth-order valence-corrected chi connectivity index (χ4v) is 4.18. The summed E-state index contributed by atoms with van der Waals surface area (Å²) in [5.74, 6) is -0.274. The molecule has 1 unspecified atom stereocenters. The van der Waals surface area contributed by atoms with Crippen LogP contribution in [0.15, 0.2) is 28.9 Å². The molecule has 0 saturated heterocycles. The lowest BCUT2D eigenvalue weighted by atomic mass is 10.2. The molecule has 0 saturated carbocycles. The van der Waals surface area contributed by atoms with Crippen LogP contribution in [0, 0.1) is 0 Å². The fourth-order valence-electron chi connectivity index (χ4n) is 2.38. The van der Waals surface area contributed by atoms with Crippen LogP contribution >= 0.6 is 23.1 Å². The predicted octanol–water partition coefficient (Wildman–Crippen LogP) is 4.65. The Hall–Kier alpha value is -2.60. The second-order valence-corrected chi connectivity index (χ2v) is 8.01. The number of thiophene rings is 1. The van der Waals surface area contributed by atoms with Crippen molar-refractivity contribution in [2.75, 3.05) is 17.7 Å². The molecule has 0 fully saturated rings. The molecule has 1 amide bonds. The Labute approximate surface area is 165 Å². The first-order valence-electron chi connectivity index (χ1n) is 7.78. The standard InChI is InChI=1S/C16H14F3N5O2S2/c1-7(28-14-22-12(16(17,18)19)4-13(20)23-14)9-3-8-10(24(2)15(25)26)6-27-11(8)5-21-9/h3-7H,1-2H3,(H,25,26)(H2,20,22,23). The summed E-state index contributed by atoms with van der Waals surface area (Å²) in [4.78, 5) is 24.0. The van der Waals surface area contributed by atoms with Crippen LogP contribution in [0.4, 0.5) is 29.5 Å². The van der Waals surface area contributed by atoms with Gasteiger partial charge < -0.3 is 10.8 Å². The summed E-state index contributed by atoms with van der Waals surface area (Å²) in [6.45, 7) is 1.74. The van der Waals surface area contributed by atoms with Gasteiger partial charge in [0.15, 0.2) is 10.9 Å². The van der Waals surface area contributed by atoms with Crippen molar-refractivity contribution in [2.24, 2.45) is 0 Å². The number of pyridine rings is 1. The molecule has 1 atom stereocenters. The Bertz CT molecular complexity index is 1040. The molecule has 28 heavy (non-hydrogen) atoms. The molecule has 0 bridgehead atoms. The summed E-state index contributed by atoms with van der Waals surface area (Å²) in [7, 11) is 1.43. The zero-order valence-electron chi connectivity index (χ0n) is 14.6. The number of amides is 1. The number of aromatic nitrogens is 3. The first kappa shape index (κ1) is 20.1. The number of halogens is 3. The number of carbonyl (C=O) groups is 1. The number of hydrogen-bond donors (Lipinski definition) is 2. The number of nitrogen functional groups attached to an aromatic ring is 1. The molecule has 0 aliphatic heterocycles. The van der Waals surface area contributed by atoms with Crippen LogP contribution in [0.2, 0.25) is 0 Å². The zero-order valence-corrected chi connectivity index (χ0v) is 16.2. The van der Waals surface area contributed by atoms with E-state index in [2.05, 4.69) is 15.0 Å². The minimum Gasteiger partial charge on any atom is -0.465 e. The van der Waals surface area contributed by atoms with Gasteiger partial charge in [-0.15, -0.1) is 11.3 Å². The molecule has 3 rings (SSSR count). The molecular weight excluding hydrogens is 415 g/mol. The van der Waals surface area contributed by atoms with Crippen LogP contribution in [0.3, 0.4) is 0 Å². The van der Waals surface area contributed by atoms with Crippen molar-refractivity contribution in [2.45, 2.75) is 23.5 Å². The number of nitrogens with two attached hydrogens (primary N) is 1. The van der Waals surface area contributed by atoms with Gasteiger partial charge in [-0.05, 0) is 13.0 Å². The van der Waals surface area contributed by atoms with E-state index in [0.717, 1.165) is 21.4 Å². The Morgan fingerprint density at radius 3 is 2.71 bits per heavy atom. The normalized spacial score (nSPS) is 12.9. The second-order valence-electron chi connectivity index (χ2n) is 5.79. The van der Waals surface area contributed by atoms with Gasteiger partial charge in [-0.2, -0.15) is 13.2 Å². The van der Waals surface area contributed by atoms with Gasteiger partial charge >= 0.3 is 12.3 Å². The molecule has 3 N–H and O–H groups in total. The van der Waals surface area contributed by atoms with Crippen LogP contribution in [0.5, 0.6) is 0 Å². The van der Waals surface area contributed by atoms with E-state index in [1.165, 1.54) is 18.4 Å². The maximum atomic E-state index is 12.9. The van der Waals surface area contributed by atoms with Gasteiger partial charge in [0, 0.05) is 30.1 Å². The summed E-state index contributed by atoms with van der Waals surface area (Å²) in [5, 5.41) is 11.1. The van der Waals surface area contributed by atoms with Gasteiger partial charge in [0.25, 0.3) is 0 Å². The van der Waals surface area contributed by atoms with Crippen molar-refractivity contribution >= 4 is 50.8 Å². The Kier molecular flexibility index (Phi) is 5.35. The number of carboxylic acid groups (broad SMARTS) is 1. The van der Waals surface area contributed by atoms with E-state index in [4.69, 9.17) is 5.73 Å². The molecule has 3 heterocycles. The monoisotopic (exact) mass is 429 g/mol. The van der Waals surface area contributed by atoms with Gasteiger partial charge in [-0.1, -0.05) is 11.8 Å². The predicted molar refractivity (Wildman–Crippen MR) is 102 cm³/mol. The second kappa shape index (κ2) is 7.43. The smallest absolute Gasteiger partial charge is 0.433 e. The van der Waals surface area contributed by atoms with Crippen LogP contribution < -0.4 is 10.6 Å². The molecule has 0 radical (unpaired) electrons. The lowest BCUT2D eigenvalue weighted by molar-refractivity contribution is -0.141. The van der Waals surface area contributed by atoms with E-state index in [-0.39, 0.29) is 11.0 Å². The molecule has 148 valence electrons. The van der Waals surface area contributed by atoms with Crippen molar-refractivity contribution in [1.29, 1.82) is 0 Å². The van der Waals surface area contributed by atoms with Crippen molar-refractivity contribution < 1.29 is 23.1 Å². The summed E-state index contributed by atoms with van der Waals surface area (Å²) >= 11 is 2.33. The van der Waals surface area contributed by atoms with E-state index >= 15 is 0 Å². The quantitative estimate of drug-likeness (QED) is 0.459. The number of hydrogen-bond acceptors (Lipinski definition) is 7. The van der Waals surface area contributed by atoms with Crippen molar-refractivity contribution in [3.63, 3.8) is 0 Å². The maximum absolute atomic E-state index is 12.9. The molecule has 3 aromatic rings. The maximum Gasteiger partial charge on any atom is 0.433 e. The van der Waals surface area contributed by atoms with E-state index in [9.17, 15) is 23.1 Å². The lowest BCUT2D eigenvalue weighted by Crippen LogP contribution is -2.23. The van der Waals surface area contributed by atoms with E-state index in [1.807, 2.05) is 0 Å². The zero-order chi connectivity index (χ0) is 20.6. The fraction of sp³-hybridized carbons (Fsp3) is 0.250. The number of anilines is 2. The minimum atomic E-state index is -4.63. The third kappa shape index (κ3) is 4.12. The highest BCUT2D eigenvalue weighted by molar-refractivity contribution is 7.99. The highest BCUT2D eigenvalue weighted by Gasteiger charge is 2.33. The van der Waals surface area contributed by atoms with Crippen LogP contribution in [0.25, 0.3) is 10.1 Å². The molecule has 0 aliphatic carbocycles. The van der Waals surface area contributed by atoms with E-state index in [1.54, 1.807) is 24.6 Å². The van der Waals surface area contributed by atoms with Crippen molar-refractivity contribution in [3.8, 4) is 0 Å². The molecule has 0 aromatic carbocycles. The molecule has 0 spiro atoms. The van der Waals surface area contributed by atoms with E-state index in [0.29, 0.717) is 22.8 Å². The van der Waals surface area contributed by atoms with Gasteiger partial charge in [0.1, 0.15) is 5.82 Å². The van der Waals surface area contributed by atoms with Crippen molar-refractivity contribution in [1.82, 2.24) is 15.0 Å². The third-order valence-corrected chi connectivity index (χ3v) is 5.73. The molecule has 0 aliphatic rings. The Morgan fingerprint density at radius 1 is 1.36 bits per heavy atom. The number of thioether (sulfide) groups is 1. The van der Waals surface area contributed by atoms with Crippen LogP contribution in [0.1, 0.15) is 23.6 Å². The lowest BCUT2D eigenvalue weighted by Gasteiger charge is -2.14. The summed E-state index contributed by atoms with van der Waals surface area (Å²) in [5.41, 5.74) is 5.42. The highest BCUT2D eigenvalue weighted by atomic mass is 32.2. The Balaban J connectivity index is 1.92. The highest BCUT2D eigenvalue weighted by Crippen LogP contribution is 2.38. The van der Waals surface area contributed by atoms with Crippen LogP contribution in [-0.2, 0) is 6.18 Å². The summed E-state index contributed by atoms with van der Waals surface area (Å²) in [6.07, 6.45) is -4.12. The van der Waals surface area contributed by atoms with Gasteiger partial charge in [0.2, 0.25) is 0 Å². The Morgan fingerprint density at radius 2 is 2.07 bits per heavy atom. The number of alkyl halides is 3.